The standard InChI is InChI=1S/C41H28BN3/c1-2-3-20-33-25-13-5-4-12-24(25)30-23-36-37-41(38(30)43-33)45-35-22-9-7-15-27(35)29-17-11-19-32(40(29)45)42(37)31-18-10-16-28-26-14-6-8-21-34(26)44(36)39(28)31/h4-19,21-23H,2-3,20H2,1H3. The molecule has 5 heterocycles. The number of hydrogen-bond acceptors (Lipinski definition) is 1. The number of aromatic nitrogens is 3. The zero-order valence-corrected chi connectivity index (χ0v) is 25.0. The lowest BCUT2D eigenvalue weighted by atomic mass is 9.34. The molecule has 2 aliphatic heterocycles. The van der Waals surface area contributed by atoms with Gasteiger partial charge < -0.3 is 9.13 Å². The number of aryl methyl sites for hydroxylation is 1. The summed E-state index contributed by atoms with van der Waals surface area (Å²) in [6, 6.07) is 43.2. The predicted molar refractivity (Wildman–Crippen MR) is 191 cm³/mol. The number of para-hydroxylation sites is 4. The van der Waals surface area contributed by atoms with Crippen molar-refractivity contribution < 1.29 is 0 Å². The Balaban J connectivity index is 1.45. The highest BCUT2D eigenvalue weighted by Gasteiger charge is 2.41. The van der Waals surface area contributed by atoms with E-state index >= 15 is 0 Å². The SMILES string of the molecule is CCCCc1nc2c3c4c(cc2c2ccccc12)-n1c2ccccc2c2cccc(c21)B4c1cccc2c4ccccc4n-3c12. The van der Waals surface area contributed by atoms with Gasteiger partial charge in [0.25, 0.3) is 6.71 Å². The molecular formula is C41H28BN3. The Morgan fingerprint density at radius 3 is 1.84 bits per heavy atom. The third-order valence-electron chi connectivity index (χ3n) is 10.7. The molecule has 0 amide bonds. The highest BCUT2D eigenvalue weighted by molar-refractivity contribution is 7.00. The van der Waals surface area contributed by atoms with Crippen molar-refractivity contribution in [1.82, 2.24) is 14.1 Å². The molecule has 0 saturated heterocycles. The van der Waals surface area contributed by atoms with Gasteiger partial charge in [0.1, 0.15) is 0 Å². The second-order valence-corrected chi connectivity index (χ2v) is 12.9. The number of pyridine rings is 1. The second-order valence-electron chi connectivity index (χ2n) is 12.9. The first-order valence-electron chi connectivity index (χ1n) is 16.3. The van der Waals surface area contributed by atoms with Crippen molar-refractivity contribution in [2.45, 2.75) is 26.2 Å². The molecule has 4 heteroatoms. The number of benzene rings is 6. The smallest absolute Gasteiger partial charge is 0.252 e. The van der Waals surface area contributed by atoms with E-state index in [-0.39, 0.29) is 6.71 Å². The summed E-state index contributed by atoms with van der Waals surface area (Å²) in [6.45, 7) is 2.39. The van der Waals surface area contributed by atoms with E-state index in [4.69, 9.17) is 4.98 Å². The lowest BCUT2D eigenvalue weighted by Crippen LogP contribution is -2.59. The molecule has 3 nitrogen and oxygen atoms in total. The first kappa shape index (κ1) is 24.0. The molecule has 45 heavy (non-hydrogen) atoms. The lowest BCUT2D eigenvalue weighted by Gasteiger charge is -2.34. The summed E-state index contributed by atoms with van der Waals surface area (Å²) in [4.78, 5) is 5.66. The minimum atomic E-state index is 0.118. The Morgan fingerprint density at radius 1 is 0.578 bits per heavy atom. The van der Waals surface area contributed by atoms with E-state index in [1.807, 2.05) is 0 Å². The van der Waals surface area contributed by atoms with Crippen LogP contribution in [0.4, 0.5) is 0 Å². The minimum absolute atomic E-state index is 0.118. The van der Waals surface area contributed by atoms with Crippen LogP contribution in [0.25, 0.3) is 76.7 Å². The fourth-order valence-electron chi connectivity index (χ4n) is 8.89. The van der Waals surface area contributed by atoms with Gasteiger partial charge in [-0.25, -0.2) is 4.98 Å². The van der Waals surface area contributed by atoms with Gasteiger partial charge >= 0.3 is 0 Å². The van der Waals surface area contributed by atoms with E-state index in [9.17, 15) is 0 Å². The number of hydrogen-bond donors (Lipinski definition) is 0. The van der Waals surface area contributed by atoms with Crippen LogP contribution in [0.2, 0.25) is 0 Å². The highest BCUT2D eigenvalue weighted by Crippen LogP contribution is 2.42. The van der Waals surface area contributed by atoms with E-state index in [2.05, 4.69) is 131 Å². The van der Waals surface area contributed by atoms with Crippen LogP contribution in [0.3, 0.4) is 0 Å². The summed E-state index contributed by atoms with van der Waals surface area (Å²) in [5.41, 5.74) is 14.2. The quantitative estimate of drug-likeness (QED) is 0.155. The van der Waals surface area contributed by atoms with Crippen LogP contribution in [-0.2, 0) is 6.42 Å². The van der Waals surface area contributed by atoms with E-state index in [0.29, 0.717) is 0 Å². The average Bonchev–Trinajstić information content (AvgIpc) is 3.61. The molecule has 0 radical (unpaired) electrons. The summed E-state index contributed by atoms with van der Waals surface area (Å²) in [7, 11) is 0. The van der Waals surface area contributed by atoms with Gasteiger partial charge in [0.05, 0.1) is 22.2 Å². The number of nitrogens with zero attached hydrogens (tertiary/aromatic N) is 3. The van der Waals surface area contributed by atoms with Crippen molar-refractivity contribution in [2.24, 2.45) is 0 Å². The van der Waals surface area contributed by atoms with E-state index in [0.717, 1.165) is 24.8 Å². The Bertz CT molecular complexity index is 2760. The minimum Gasteiger partial charge on any atom is -0.310 e. The summed E-state index contributed by atoms with van der Waals surface area (Å²) in [5.74, 6) is 0. The molecule has 0 spiro atoms. The first-order valence-corrected chi connectivity index (χ1v) is 16.3. The molecule has 2 aliphatic rings. The van der Waals surface area contributed by atoms with E-state index < -0.39 is 0 Å². The van der Waals surface area contributed by atoms with Crippen molar-refractivity contribution in [3.8, 4) is 11.4 Å². The molecule has 0 aliphatic carbocycles. The molecule has 0 saturated carbocycles. The Hall–Kier alpha value is -5.35. The number of fused-ring (bicyclic) bond motifs is 14. The molecule has 0 bridgehead atoms. The summed E-state index contributed by atoms with van der Waals surface area (Å²) < 4.78 is 5.13. The van der Waals surface area contributed by atoms with Crippen molar-refractivity contribution in [2.75, 3.05) is 0 Å². The maximum absolute atomic E-state index is 5.66. The number of unbranched alkanes of at least 4 members (excludes halogenated alkanes) is 1. The highest BCUT2D eigenvalue weighted by atomic mass is 15.0. The van der Waals surface area contributed by atoms with Crippen molar-refractivity contribution in [3.63, 3.8) is 0 Å². The second kappa shape index (κ2) is 8.43. The Labute approximate surface area is 260 Å². The predicted octanol–water partition coefficient (Wildman–Crippen LogP) is 8.07. The van der Waals surface area contributed by atoms with Gasteiger partial charge in [-0.15, -0.1) is 0 Å². The van der Waals surface area contributed by atoms with Gasteiger partial charge in [-0.1, -0.05) is 110 Å². The van der Waals surface area contributed by atoms with Gasteiger partial charge in [-0.2, -0.15) is 0 Å². The molecule has 210 valence electrons. The molecule has 9 aromatic rings. The van der Waals surface area contributed by atoms with Crippen molar-refractivity contribution in [3.05, 3.63) is 121 Å². The van der Waals surface area contributed by atoms with E-state index in [1.165, 1.54) is 93.2 Å². The normalized spacial score (nSPS) is 13.2. The van der Waals surface area contributed by atoms with Gasteiger partial charge in [-0.3, -0.25) is 0 Å². The molecular weight excluding hydrogens is 545 g/mol. The molecule has 0 fully saturated rings. The molecule has 3 aromatic heterocycles. The fraction of sp³-hybridized carbons (Fsp3) is 0.0976. The van der Waals surface area contributed by atoms with Gasteiger partial charge in [0, 0.05) is 54.7 Å². The van der Waals surface area contributed by atoms with Crippen LogP contribution in [0.5, 0.6) is 0 Å². The van der Waals surface area contributed by atoms with Crippen molar-refractivity contribution in [1.29, 1.82) is 0 Å². The maximum atomic E-state index is 5.66. The molecule has 0 N–H and O–H groups in total. The number of rotatable bonds is 3. The Kier molecular flexibility index (Phi) is 4.50. The van der Waals surface area contributed by atoms with Crippen LogP contribution in [0.1, 0.15) is 25.5 Å². The van der Waals surface area contributed by atoms with Crippen LogP contribution < -0.4 is 16.4 Å². The van der Waals surface area contributed by atoms with E-state index in [1.54, 1.807) is 0 Å². The van der Waals surface area contributed by atoms with Gasteiger partial charge in [-0.05, 0) is 52.8 Å². The van der Waals surface area contributed by atoms with Crippen LogP contribution in [0, 0.1) is 0 Å². The van der Waals surface area contributed by atoms with Gasteiger partial charge in [0.2, 0.25) is 0 Å². The average molecular weight is 574 g/mol. The monoisotopic (exact) mass is 573 g/mol. The van der Waals surface area contributed by atoms with Crippen molar-refractivity contribution >= 4 is 88.4 Å². The molecule has 11 rings (SSSR count). The zero-order valence-electron chi connectivity index (χ0n) is 25.0. The molecule has 0 atom stereocenters. The summed E-state index contributed by atoms with van der Waals surface area (Å²) >= 11 is 0. The third kappa shape index (κ3) is 2.82. The Morgan fingerprint density at radius 2 is 1.16 bits per heavy atom. The zero-order chi connectivity index (χ0) is 29.4. The van der Waals surface area contributed by atoms with Crippen LogP contribution >= 0.6 is 0 Å². The largest absolute Gasteiger partial charge is 0.310 e. The summed E-state index contributed by atoms with van der Waals surface area (Å²) in [5, 5.41) is 9.05. The first-order chi connectivity index (χ1) is 22.3. The lowest BCUT2D eigenvalue weighted by molar-refractivity contribution is 0.784. The maximum Gasteiger partial charge on any atom is 0.252 e. The molecule has 6 aromatic carbocycles. The topological polar surface area (TPSA) is 22.8 Å². The summed E-state index contributed by atoms with van der Waals surface area (Å²) in [6.07, 6.45) is 3.26. The molecule has 0 unspecified atom stereocenters. The fourth-order valence-corrected chi connectivity index (χ4v) is 8.89. The van der Waals surface area contributed by atoms with Crippen LogP contribution in [-0.4, -0.2) is 20.8 Å². The van der Waals surface area contributed by atoms with Gasteiger partial charge in [0.15, 0.2) is 0 Å². The third-order valence-corrected chi connectivity index (χ3v) is 10.7. The van der Waals surface area contributed by atoms with Crippen LogP contribution in [0.15, 0.2) is 115 Å².